The molecule has 0 atom stereocenters. The number of benzene rings is 1. The quantitative estimate of drug-likeness (QED) is 0.550. The lowest BCUT2D eigenvalue weighted by atomic mass is 10.1. The molecule has 0 spiro atoms. The van der Waals surface area contributed by atoms with Crippen LogP contribution in [-0.2, 0) is 15.4 Å². The van der Waals surface area contributed by atoms with Gasteiger partial charge in [0.25, 0.3) is 0 Å². The van der Waals surface area contributed by atoms with E-state index in [1.165, 1.54) is 0 Å². The van der Waals surface area contributed by atoms with Gasteiger partial charge >= 0.3 is 0 Å². The Morgan fingerprint density at radius 1 is 1.29 bits per heavy atom. The summed E-state index contributed by atoms with van der Waals surface area (Å²) in [6.07, 6.45) is 4.45. The normalized spacial score (nSPS) is 10.5. The molecule has 0 aromatic heterocycles. The molecule has 14 heavy (non-hydrogen) atoms. The molecule has 0 radical (unpaired) electrons. The Hall–Kier alpha value is -0.800. The van der Waals surface area contributed by atoms with E-state index in [0.717, 1.165) is 5.56 Å². The summed E-state index contributed by atoms with van der Waals surface area (Å²) in [5, 5.41) is 0. The van der Waals surface area contributed by atoms with Crippen LogP contribution in [0.5, 0.6) is 0 Å². The van der Waals surface area contributed by atoms with Gasteiger partial charge in [0.15, 0.2) is 5.78 Å². The Kier molecular flexibility index (Phi) is 4.70. The summed E-state index contributed by atoms with van der Waals surface area (Å²) in [6.45, 7) is 0.518. The largest absolute Gasteiger partial charge is 0.294 e. The molecule has 0 aliphatic rings. The van der Waals surface area contributed by atoms with Crippen molar-refractivity contribution >= 4 is 17.0 Å². The molecule has 0 aliphatic carbocycles. The molecule has 1 aromatic rings. The number of carbonyl (C=O) groups is 1. The molecule has 0 fully saturated rings. The van der Waals surface area contributed by atoms with Gasteiger partial charge in [-0.25, -0.2) is 0 Å². The van der Waals surface area contributed by atoms with E-state index in [4.69, 9.17) is 4.18 Å². The molecular weight excluding hydrogens is 196 g/mol. The van der Waals surface area contributed by atoms with Crippen molar-refractivity contribution in [3.05, 3.63) is 35.9 Å². The second kappa shape index (κ2) is 5.83. The van der Waals surface area contributed by atoms with Gasteiger partial charge in [0.05, 0.1) is 0 Å². The molecule has 3 heteroatoms. The lowest BCUT2D eigenvalue weighted by Crippen LogP contribution is -2.08. The number of hydrogen-bond acceptors (Lipinski definition) is 2. The van der Waals surface area contributed by atoms with Gasteiger partial charge in [0, 0.05) is 12.0 Å². The highest BCUT2D eigenvalue weighted by Gasteiger charge is 2.08. The topological polar surface area (TPSA) is 26.3 Å². The molecule has 1 rings (SSSR count). The molecular formula is C11H15O2S+. The zero-order valence-corrected chi connectivity index (χ0v) is 9.34. The van der Waals surface area contributed by atoms with Crippen molar-refractivity contribution in [2.75, 3.05) is 19.1 Å². The fourth-order valence-electron chi connectivity index (χ4n) is 1.07. The van der Waals surface area contributed by atoms with Crippen molar-refractivity contribution in [3.63, 3.8) is 0 Å². The number of hydrogen-bond donors (Lipinski definition) is 0. The van der Waals surface area contributed by atoms with Gasteiger partial charge in [-0.05, 0) is 0 Å². The highest BCUT2D eigenvalue weighted by Crippen LogP contribution is 2.03. The van der Waals surface area contributed by atoms with Crippen LogP contribution in [0.2, 0.25) is 0 Å². The zero-order chi connectivity index (χ0) is 10.4. The van der Waals surface area contributed by atoms with E-state index in [-0.39, 0.29) is 17.0 Å². The first kappa shape index (κ1) is 11.3. The third-order valence-electron chi connectivity index (χ3n) is 1.74. The Morgan fingerprint density at radius 2 is 1.93 bits per heavy atom. The van der Waals surface area contributed by atoms with E-state index in [2.05, 4.69) is 0 Å². The summed E-state index contributed by atoms with van der Waals surface area (Å²) in [5.74, 6) is 0.149. The zero-order valence-electron chi connectivity index (χ0n) is 8.53. The lowest BCUT2D eigenvalue weighted by molar-refractivity contribution is 0.0966. The Bertz CT molecular complexity index is 283. The predicted octanol–water partition coefficient (Wildman–Crippen LogP) is 2.07. The molecule has 1 aromatic carbocycles. The maximum Gasteiger partial charge on any atom is 0.165 e. The second-order valence-electron chi connectivity index (χ2n) is 3.10. The highest BCUT2D eigenvalue weighted by atomic mass is 32.2. The summed E-state index contributed by atoms with van der Waals surface area (Å²) in [6, 6.07) is 9.32. The third kappa shape index (κ3) is 3.94. The van der Waals surface area contributed by atoms with Gasteiger partial charge in [0.1, 0.15) is 30.3 Å². The standard InChI is InChI=1S/C11H15O2S/c1-14(2)13-9-8-11(12)10-6-4-3-5-7-10/h3-7H,8-9H2,1-2H3/q+1. The van der Waals surface area contributed by atoms with Crippen LogP contribution < -0.4 is 0 Å². The molecule has 0 bridgehead atoms. The SMILES string of the molecule is C[S+](C)OCCC(=O)c1ccccc1. The molecule has 0 N–H and O–H groups in total. The molecule has 0 saturated carbocycles. The first-order chi connectivity index (χ1) is 6.70. The maximum atomic E-state index is 11.5. The number of rotatable bonds is 5. The lowest BCUT2D eigenvalue weighted by Gasteiger charge is -1.99. The van der Waals surface area contributed by atoms with Crippen molar-refractivity contribution in [2.45, 2.75) is 6.42 Å². The van der Waals surface area contributed by atoms with Crippen LogP contribution in [-0.4, -0.2) is 24.9 Å². The van der Waals surface area contributed by atoms with Crippen molar-refractivity contribution in [1.29, 1.82) is 0 Å². The summed E-state index contributed by atoms with van der Waals surface area (Å²) in [5.41, 5.74) is 0.767. The highest BCUT2D eigenvalue weighted by molar-refractivity contribution is 7.90. The minimum absolute atomic E-state index is 0.0406. The molecule has 76 valence electrons. The van der Waals surface area contributed by atoms with E-state index in [1.807, 2.05) is 42.8 Å². The van der Waals surface area contributed by atoms with Crippen LogP contribution in [0.15, 0.2) is 30.3 Å². The first-order valence-corrected chi connectivity index (χ1v) is 6.46. The van der Waals surface area contributed by atoms with Crippen LogP contribution in [0.1, 0.15) is 16.8 Å². The summed E-state index contributed by atoms with van der Waals surface area (Å²) in [4.78, 5) is 11.5. The summed E-state index contributed by atoms with van der Waals surface area (Å²) in [7, 11) is 0. The van der Waals surface area contributed by atoms with Crippen LogP contribution in [0, 0.1) is 0 Å². The molecule has 0 unspecified atom stereocenters. The van der Waals surface area contributed by atoms with E-state index < -0.39 is 0 Å². The van der Waals surface area contributed by atoms with Crippen LogP contribution in [0.4, 0.5) is 0 Å². The van der Waals surface area contributed by atoms with E-state index in [9.17, 15) is 4.79 Å². The van der Waals surface area contributed by atoms with Gasteiger partial charge in [-0.15, -0.1) is 0 Å². The van der Waals surface area contributed by atoms with Gasteiger partial charge in [-0.1, -0.05) is 30.3 Å². The van der Waals surface area contributed by atoms with E-state index >= 15 is 0 Å². The van der Waals surface area contributed by atoms with Crippen molar-refractivity contribution in [2.24, 2.45) is 0 Å². The van der Waals surface area contributed by atoms with Gasteiger partial charge < -0.3 is 0 Å². The maximum absolute atomic E-state index is 11.5. The number of Topliss-reactive ketones (excluding diaryl/α,β-unsaturated/α-hetero) is 1. The molecule has 2 nitrogen and oxygen atoms in total. The van der Waals surface area contributed by atoms with E-state index in [1.54, 1.807) is 0 Å². The second-order valence-corrected chi connectivity index (χ2v) is 4.82. The van der Waals surface area contributed by atoms with Crippen LogP contribution in [0.25, 0.3) is 0 Å². The average Bonchev–Trinajstić information content (AvgIpc) is 2.18. The Morgan fingerprint density at radius 3 is 2.50 bits per heavy atom. The average molecular weight is 211 g/mol. The summed E-state index contributed by atoms with van der Waals surface area (Å²) < 4.78 is 5.34. The predicted molar refractivity (Wildman–Crippen MR) is 60.6 cm³/mol. The smallest absolute Gasteiger partial charge is 0.165 e. The Balaban J connectivity index is 2.36. The van der Waals surface area contributed by atoms with Gasteiger partial charge in [-0.2, -0.15) is 4.18 Å². The summed E-state index contributed by atoms with van der Waals surface area (Å²) >= 11 is -0.0406. The molecule has 0 aliphatic heterocycles. The fraction of sp³-hybridized carbons (Fsp3) is 0.364. The molecule has 0 saturated heterocycles. The Labute approximate surface area is 87.8 Å². The van der Waals surface area contributed by atoms with Gasteiger partial charge in [-0.3, -0.25) is 4.79 Å². The van der Waals surface area contributed by atoms with Crippen LogP contribution >= 0.6 is 0 Å². The monoisotopic (exact) mass is 211 g/mol. The number of ketones is 1. The molecule has 0 heterocycles. The van der Waals surface area contributed by atoms with Gasteiger partial charge in [0.2, 0.25) is 0 Å². The minimum atomic E-state index is -0.0406. The van der Waals surface area contributed by atoms with Crippen molar-refractivity contribution < 1.29 is 8.98 Å². The van der Waals surface area contributed by atoms with Crippen molar-refractivity contribution in [3.8, 4) is 0 Å². The number of carbonyl (C=O) groups excluding carboxylic acids is 1. The third-order valence-corrected chi connectivity index (χ3v) is 2.38. The van der Waals surface area contributed by atoms with Crippen LogP contribution in [0.3, 0.4) is 0 Å². The first-order valence-electron chi connectivity index (χ1n) is 4.49. The van der Waals surface area contributed by atoms with Crippen molar-refractivity contribution in [1.82, 2.24) is 0 Å². The van der Waals surface area contributed by atoms with E-state index in [0.29, 0.717) is 13.0 Å². The fourth-order valence-corrected chi connectivity index (χ4v) is 1.49. The minimum Gasteiger partial charge on any atom is -0.294 e. The molecule has 0 amide bonds.